The second kappa shape index (κ2) is 6.31. The van der Waals surface area contributed by atoms with Crippen LogP contribution in [-0.4, -0.2) is 12.0 Å². The summed E-state index contributed by atoms with van der Waals surface area (Å²) in [5.74, 6) is 0.469. The molecule has 2 rings (SSSR count). The van der Waals surface area contributed by atoms with Gasteiger partial charge in [-0.25, -0.2) is 0 Å². The van der Waals surface area contributed by atoms with Crippen molar-refractivity contribution in [3.05, 3.63) is 53.6 Å². The van der Waals surface area contributed by atoms with E-state index in [2.05, 4.69) is 5.32 Å². The number of aryl methyl sites for hydroxylation is 2. The van der Waals surface area contributed by atoms with Crippen LogP contribution in [0.1, 0.15) is 18.1 Å². The first-order valence-corrected chi connectivity index (χ1v) is 6.86. The van der Waals surface area contributed by atoms with Gasteiger partial charge in [-0.1, -0.05) is 23.8 Å². The molecule has 2 aromatic carbocycles. The molecular weight excluding hydrogens is 264 g/mol. The maximum atomic E-state index is 12.2. The van der Waals surface area contributed by atoms with Crippen molar-refractivity contribution in [2.24, 2.45) is 0 Å². The molecular formula is C17H20N2O2. The van der Waals surface area contributed by atoms with Crippen LogP contribution in [0.4, 0.5) is 11.4 Å². The molecule has 0 heterocycles. The van der Waals surface area contributed by atoms with Gasteiger partial charge in [-0.2, -0.15) is 0 Å². The topological polar surface area (TPSA) is 64.3 Å². The Labute approximate surface area is 124 Å². The maximum absolute atomic E-state index is 12.2. The van der Waals surface area contributed by atoms with Crippen LogP contribution in [0.25, 0.3) is 0 Å². The summed E-state index contributed by atoms with van der Waals surface area (Å²) < 4.78 is 5.63. The highest BCUT2D eigenvalue weighted by Gasteiger charge is 2.15. The van der Waals surface area contributed by atoms with Crippen LogP contribution >= 0.6 is 0 Å². The lowest BCUT2D eigenvalue weighted by Gasteiger charge is -2.16. The molecule has 0 aromatic heterocycles. The molecule has 2 aromatic rings. The van der Waals surface area contributed by atoms with Crippen molar-refractivity contribution in [3.8, 4) is 5.75 Å². The van der Waals surface area contributed by atoms with E-state index >= 15 is 0 Å². The Balaban J connectivity index is 2.02. The number of rotatable bonds is 4. The minimum atomic E-state index is -0.589. The van der Waals surface area contributed by atoms with Gasteiger partial charge >= 0.3 is 0 Å². The molecule has 21 heavy (non-hydrogen) atoms. The molecule has 0 aliphatic rings. The van der Waals surface area contributed by atoms with E-state index in [-0.39, 0.29) is 5.91 Å². The van der Waals surface area contributed by atoms with Crippen LogP contribution in [0.15, 0.2) is 42.5 Å². The van der Waals surface area contributed by atoms with Gasteiger partial charge in [0.05, 0.1) is 0 Å². The number of hydrogen-bond donors (Lipinski definition) is 2. The minimum absolute atomic E-state index is 0.204. The molecule has 0 spiro atoms. The van der Waals surface area contributed by atoms with Gasteiger partial charge in [0.25, 0.3) is 5.91 Å². The monoisotopic (exact) mass is 284 g/mol. The van der Waals surface area contributed by atoms with Crippen molar-refractivity contribution in [1.29, 1.82) is 0 Å². The van der Waals surface area contributed by atoms with Crippen molar-refractivity contribution in [1.82, 2.24) is 0 Å². The Hall–Kier alpha value is -2.49. The highest BCUT2D eigenvalue weighted by molar-refractivity contribution is 5.95. The molecule has 1 amide bonds. The SMILES string of the molecule is Cc1ccc(O[C@H](C)C(=O)Nc2cc(N)ccc2C)cc1. The van der Waals surface area contributed by atoms with Crippen molar-refractivity contribution < 1.29 is 9.53 Å². The Morgan fingerprint density at radius 2 is 1.81 bits per heavy atom. The third-order valence-electron chi connectivity index (χ3n) is 3.22. The van der Waals surface area contributed by atoms with E-state index in [9.17, 15) is 4.79 Å². The molecule has 0 fully saturated rings. The maximum Gasteiger partial charge on any atom is 0.265 e. The molecule has 0 saturated heterocycles. The molecule has 4 heteroatoms. The lowest BCUT2D eigenvalue weighted by molar-refractivity contribution is -0.122. The predicted octanol–water partition coefficient (Wildman–Crippen LogP) is 3.29. The third kappa shape index (κ3) is 3.99. The first kappa shape index (κ1) is 14.9. The summed E-state index contributed by atoms with van der Waals surface area (Å²) in [5, 5.41) is 2.84. The van der Waals surface area contributed by atoms with E-state index in [4.69, 9.17) is 10.5 Å². The Morgan fingerprint density at radius 3 is 2.48 bits per heavy atom. The van der Waals surface area contributed by atoms with Crippen molar-refractivity contribution in [2.75, 3.05) is 11.1 Å². The fourth-order valence-corrected chi connectivity index (χ4v) is 1.88. The average molecular weight is 284 g/mol. The van der Waals surface area contributed by atoms with Gasteiger partial charge in [-0.3, -0.25) is 4.79 Å². The number of nitrogens with one attached hydrogen (secondary N) is 1. The van der Waals surface area contributed by atoms with Gasteiger partial charge in [-0.05, 0) is 50.6 Å². The normalized spacial score (nSPS) is 11.8. The minimum Gasteiger partial charge on any atom is -0.481 e. The number of amides is 1. The smallest absolute Gasteiger partial charge is 0.265 e. The fraction of sp³-hybridized carbons (Fsp3) is 0.235. The molecule has 0 radical (unpaired) electrons. The summed E-state index contributed by atoms with van der Waals surface area (Å²) in [7, 11) is 0. The van der Waals surface area contributed by atoms with Crippen molar-refractivity contribution in [3.63, 3.8) is 0 Å². The quantitative estimate of drug-likeness (QED) is 0.847. The number of ether oxygens (including phenoxy) is 1. The van der Waals surface area contributed by atoms with Gasteiger partial charge in [0.2, 0.25) is 0 Å². The molecule has 110 valence electrons. The zero-order valence-corrected chi connectivity index (χ0v) is 12.5. The standard InChI is InChI=1S/C17H20N2O2/c1-11-4-8-15(9-5-11)21-13(3)17(20)19-16-10-14(18)7-6-12(16)2/h4-10,13H,18H2,1-3H3,(H,19,20)/t13-/m1/s1. The highest BCUT2D eigenvalue weighted by Crippen LogP contribution is 2.19. The summed E-state index contributed by atoms with van der Waals surface area (Å²) in [4.78, 5) is 12.2. The number of nitrogens with two attached hydrogens (primary N) is 1. The lowest BCUT2D eigenvalue weighted by Crippen LogP contribution is -2.30. The van der Waals surface area contributed by atoms with Gasteiger partial charge < -0.3 is 15.8 Å². The summed E-state index contributed by atoms with van der Waals surface area (Å²) in [6.07, 6.45) is -0.589. The molecule has 1 atom stereocenters. The average Bonchev–Trinajstić information content (AvgIpc) is 2.45. The number of carbonyl (C=O) groups is 1. The number of nitrogen functional groups attached to an aromatic ring is 1. The number of hydrogen-bond acceptors (Lipinski definition) is 3. The van der Waals surface area contributed by atoms with E-state index in [1.807, 2.05) is 44.2 Å². The molecule has 4 nitrogen and oxygen atoms in total. The van der Waals surface area contributed by atoms with E-state index in [0.29, 0.717) is 17.1 Å². The Kier molecular flexibility index (Phi) is 4.48. The van der Waals surface area contributed by atoms with Gasteiger partial charge in [-0.15, -0.1) is 0 Å². The van der Waals surface area contributed by atoms with Crippen LogP contribution in [-0.2, 0) is 4.79 Å². The zero-order valence-electron chi connectivity index (χ0n) is 12.5. The summed E-state index contributed by atoms with van der Waals surface area (Å²) >= 11 is 0. The molecule has 0 aliphatic heterocycles. The predicted molar refractivity (Wildman–Crippen MR) is 85.5 cm³/mol. The Morgan fingerprint density at radius 1 is 1.14 bits per heavy atom. The van der Waals surface area contributed by atoms with E-state index < -0.39 is 6.10 Å². The van der Waals surface area contributed by atoms with E-state index in [1.54, 1.807) is 19.1 Å². The highest BCUT2D eigenvalue weighted by atomic mass is 16.5. The largest absolute Gasteiger partial charge is 0.481 e. The Bertz CT molecular complexity index is 636. The summed E-state index contributed by atoms with van der Waals surface area (Å²) in [5.41, 5.74) is 9.16. The molecule has 0 bridgehead atoms. The lowest BCUT2D eigenvalue weighted by atomic mass is 10.1. The molecule has 3 N–H and O–H groups in total. The molecule has 0 aliphatic carbocycles. The van der Waals surface area contributed by atoms with Crippen LogP contribution in [0.2, 0.25) is 0 Å². The third-order valence-corrected chi connectivity index (χ3v) is 3.22. The zero-order chi connectivity index (χ0) is 15.4. The van der Waals surface area contributed by atoms with Crippen LogP contribution in [0.3, 0.4) is 0 Å². The van der Waals surface area contributed by atoms with Gasteiger partial charge in [0, 0.05) is 11.4 Å². The first-order valence-electron chi connectivity index (χ1n) is 6.86. The second-order valence-corrected chi connectivity index (χ2v) is 5.14. The van der Waals surface area contributed by atoms with Crippen LogP contribution < -0.4 is 15.8 Å². The van der Waals surface area contributed by atoms with Crippen LogP contribution in [0, 0.1) is 13.8 Å². The first-order chi connectivity index (χ1) is 9.95. The second-order valence-electron chi connectivity index (χ2n) is 5.14. The van der Waals surface area contributed by atoms with Crippen molar-refractivity contribution >= 4 is 17.3 Å². The van der Waals surface area contributed by atoms with Crippen molar-refractivity contribution in [2.45, 2.75) is 26.9 Å². The fourth-order valence-electron chi connectivity index (χ4n) is 1.88. The molecule has 0 unspecified atom stereocenters. The summed E-state index contributed by atoms with van der Waals surface area (Å²) in [6, 6.07) is 13.0. The molecule has 0 saturated carbocycles. The number of benzene rings is 2. The number of carbonyl (C=O) groups excluding carboxylic acids is 1. The van der Waals surface area contributed by atoms with Gasteiger partial charge in [0.15, 0.2) is 6.10 Å². The number of anilines is 2. The summed E-state index contributed by atoms with van der Waals surface area (Å²) in [6.45, 7) is 5.64. The van der Waals surface area contributed by atoms with E-state index in [1.165, 1.54) is 0 Å². The van der Waals surface area contributed by atoms with E-state index in [0.717, 1.165) is 11.1 Å². The van der Waals surface area contributed by atoms with Gasteiger partial charge in [0.1, 0.15) is 5.75 Å². The van der Waals surface area contributed by atoms with Crippen LogP contribution in [0.5, 0.6) is 5.75 Å².